The van der Waals surface area contributed by atoms with Crippen molar-refractivity contribution in [2.24, 2.45) is 0 Å². The Morgan fingerprint density at radius 2 is 1.76 bits per heavy atom. The molecule has 0 saturated carbocycles. The van der Waals surface area contributed by atoms with Crippen LogP contribution in [0.1, 0.15) is 16.8 Å². The molecule has 0 aliphatic heterocycles. The lowest BCUT2D eigenvalue weighted by molar-refractivity contribution is 0.600. The first-order valence-corrected chi connectivity index (χ1v) is 9.05. The second-order valence-electron chi connectivity index (χ2n) is 5.61. The summed E-state index contributed by atoms with van der Waals surface area (Å²) < 4.78 is 29.4. The number of para-hydroxylation sites is 1. The van der Waals surface area contributed by atoms with Gasteiger partial charge in [0.1, 0.15) is 5.82 Å². The van der Waals surface area contributed by atoms with E-state index in [2.05, 4.69) is 9.82 Å². The monoisotopic (exact) mass is 352 g/mol. The summed E-state index contributed by atoms with van der Waals surface area (Å²) in [5.41, 5.74) is 2.87. The number of rotatable bonds is 4. The van der Waals surface area contributed by atoms with Gasteiger partial charge in [-0.15, -0.1) is 0 Å². The lowest BCUT2D eigenvalue weighted by Gasteiger charge is -2.12. The number of nitrogens with one attached hydrogen (secondary N) is 1. The fourth-order valence-corrected chi connectivity index (χ4v) is 3.50. The standard InChI is InChI=1S/C18H16N4O2S/c1-13-5-3-4-6-17(13)22-18(11-14(2)20-22)21-25(23,24)16-9-7-15(12-19)8-10-16/h3-11,21H,1-2H3. The number of nitrogens with zero attached hydrogens (tertiary/aromatic N) is 3. The van der Waals surface area contributed by atoms with Crippen molar-refractivity contribution in [1.29, 1.82) is 5.26 Å². The predicted molar refractivity (Wildman–Crippen MR) is 95.0 cm³/mol. The number of aryl methyl sites for hydroxylation is 2. The summed E-state index contributed by atoms with van der Waals surface area (Å²) in [7, 11) is -3.79. The molecule has 126 valence electrons. The van der Waals surface area contributed by atoms with Gasteiger partial charge in [-0.25, -0.2) is 13.1 Å². The van der Waals surface area contributed by atoms with E-state index in [9.17, 15) is 8.42 Å². The fraction of sp³-hybridized carbons (Fsp3) is 0.111. The van der Waals surface area contributed by atoms with Crippen LogP contribution in [0.25, 0.3) is 5.69 Å². The van der Waals surface area contributed by atoms with Gasteiger partial charge in [-0.05, 0) is 49.7 Å². The molecular weight excluding hydrogens is 336 g/mol. The summed E-state index contributed by atoms with van der Waals surface area (Å²) in [6.07, 6.45) is 0. The van der Waals surface area contributed by atoms with E-state index in [1.807, 2.05) is 37.3 Å². The molecule has 0 bridgehead atoms. The number of anilines is 1. The molecule has 0 unspecified atom stereocenters. The lowest BCUT2D eigenvalue weighted by Crippen LogP contribution is -2.16. The highest BCUT2D eigenvalue weighted by molar-refractivity contribution is 7.92. The Hall–Kier alpha value is -3.11. The molecule has 1 aromatic heterocycles. The Labute approximate surface area is 146 Å². The molecule has 0 atom stereocenters. The van der Waals surface area contributed by atoms with E-state index in [-0.39, 0.29) is 4.90 Å². The smallest absolute Gasteiger partial charge is 0.263 e. The number of hydrogen-bond donors (Lipinski definition) is 1. The molecule has 0 amide bonds. The van der Waals surface area contributed by atoms with Crippen LogP contribution in [0.3, 0.4) is 0 Å². The van der Waals surface area contributed by atoms with Crippen molar-refractivity contribution < 1.29 is 8.42 Å². The highest BCUT2D eigenvalue weighted by atomic mass is 32.2. The molecular formula is C18H16N4O2S. The van der Waals surface area contributed by atoms with Crippen molar-refractivity contribution in [1.82, 2.24) is 9.78 Å². The van der Waals surface area contributed by atoms with Crippen molar-refractivity contribution in [3.8, 4) is 11.8 Å². The minimum Gasteiger partial charge on any atom is -0.263 e. The summed E-state index contributed by atoms with van der Waals surface area (Å²) in [6.45, 7) is 3.74. The molecule has 0 aliphatic carbocycles. The average molecular weight is 352 g/mol. The van der Waals surface area contributed by atoms with Gasteiger partial charge in [-0.3, -0.25) is 4.72 Å². The first kappa shape index (κ1) is 16.7. The van der Waals surface area contributed by atoms with E-state index in [1.54, 1.807) is 17.7 Å². The Balaban J connectivity index is 2.01. The molecule has 6 nitrogen and oxygen atoms in total. The maximum Gasteiger partial charge on any atom is 0.263 e. The van der Waals surface area contributed by atoms with Crippen LogP contribution in [0.2, 0.25) is 0 Å². The van der Waals surface area contributed by atoms with Gasteiger partial charge in [-0.1, -0.05) is 18.2 Å². The number of sulfonamides is 1. The van der Waals surface area contributed by atoms with Crippen LogP contribution in [-0.2, 0) is 10.0 Å². The number of hydrogen-bond acceptors (Lipinski definition) is 4. The van der Waals surface area contributed by atoms with Crippen LogP contribution < -0.4 is 4.72 Å². The van der Waals surface area contributed by atoms with Gasteiger partial charge < -0.3 is 0 Å². The Bertz CT molecular complexity index is 1060. The minimum absolute atomic E-state index is 0.0849. The molecule has 25 heavy (non-hydrogen) atoms. The zero-order valence-electron chi connectivity index (χ0n) is 13.8. The summed E-state index contributed by atoms with van der Waals surface area (Å²) in [5.74, 6) is 0.358. The van der Waals surface area contributed by atoms with Gasteiger partial charge in [-0.2, -0.15) is 10.4 Å². The predicted octanol–water partition coefficient (Wildman–Crippen LogP) is 3.16. The van der Waals surface area contributed by atoms with Gasteiger partial charge >= 0.3 is 0 Å². The molecule has 3 aromatic rings. The third-order valence-electron chi connectivity index (χ3n) is 3.71. The molecule has 0 spiro atoms. The molecule has 1 N–H and O–H groups in total. The Morgan fingerprint density at radius 3 is 2.40 bits per heavy atom. The zero-order chi connectivity index (χ0) is 18.0. The van der Waals surface area contributed by atoms with Gasteiger partial charge in [0.2, 0.25) is 0 Å². The van der Waals surface area contributed by atoms with E-state index in [1.165, 1.54) is 24.3 Å². The minimum atomic E-state index is -3.79. The second kappa shape index (κ2) is 6.42. The third-order valence-corrected chi connectivity index (χ3v) is 5.08. The molecule has 0 fully saturated rings. The van der Waals surface area contributed by atoms with Gasteiger partial charge in [0, 0.05) is 6.07 Å². The van der Waals surface area contributed by atoms with Gasteiger partial charge in [0.05, 0.1) is 27.9 Å². The SMILES string of the molecule is Cc1cc(NS(=O)(=O)c2ccc(C#N)cc2)n(-c2ccccc2C)n1. The highest BCUT2D eigenvalue weighted by Gasteiger charge is 2.18. The highest BCUT2D eigenvalue weighted by Crippen LogP contribution is 2.23. The van der Waals surface area contributed by atoms with Crippen LogP contribution in [0.15, 0.2) is 59.5 Å². The van der Waals surface area contributed by atoms with Gasteiger partial charge in [0.25, 0.3) is 10.0 Å². The molecule has 0 radical (unpaired) electrons. The largest absolute Gasteiger partial charge is 0.263 e. The molecule has 2 aromatic carbocycles. The molecule has 0 saturated heterocycles. The maximum atomic E-state index is 12.6. The van der Waals surface area contributed by atoms with Crippen molar-refractivity contribution >= 4 is 15.8 Å². The number of nitriles is 1. The second-order valence-corrected chi connectivity index (χ2v) is 7.29. The average Bonchev–Trinajstić information content (AvgIpc) is 2.94. The van der Waals surface area contributed by atoms with E-state index in [0.29, 0.717) is 17.1 Å². The van der Waals surface area contributed by atoms with Gasteiger partial charge in [0.15, 0.2) is 0 Å². The van der Waals surface area contributed by atoms with Crippen LogP contribution in [0.4, 0.5) is 5.82 Å². The number of aromatic nitrogens is 2. The summed E-state index contributed by atoms with van der Waals surface area (Å²) in [6, 6.07) is 17.0. The Morgan fingerprint density at radius 1 is 1.08 bits per heavy atom. The van der Waals surface area contributed by atoms with Crippen molar-refractivity contribution in [3.63, 3.8) is 0 Å². The van der Waals surface area contributed by atoms with E-state index >= 15 is 0 Å². The van der Waals surface area contributed by atoms with E-state index in [0.717, 1.165) is 11.3 Å². The van der Waals surface area contributed by atoms with Crippen molar-refractivity contribution in [2.45, 2.75) is 18.7 Å². The first-order valence-electron chi connectivity index (χ1n) is 7.56. The van der Waals surface area contributed by atoms with Crippen LogP contribution in [0, 0.1) is 25.2 Å². The van der Waals surface area contributed by atoms with Crippen molar-refractivity contribution in [3.05, 3.63) is 71.4 Å². The lowest BCUT2D eigenvalue weighted by atomic mass is 10.2. The summed E-state index contributed by atoms with van der Waals surface area (Å²) >= 11 is 0. The zero-order valence-corrected chi connectivity index (χ0v) is 14.6. The molecule has 3 rings (SSSR count). The molecule has 1 heterocycles. The molecule has 7 heteroatoms. The van der Waals surface area contributed by atoms with E-state index < -0.39 is 10.0 Å². The summed E-state index contributed by atoms with van der Waals surface area (Å²) in [4.78, 5) is 0.0849. The third kappa shape index (κ3) is 3.39. The maximum absolute atomic E-state index is 12.6. The normalized spacial score (nSPS) is 11.1. The summed E-state index contributed by atoms with van der Waals surface area (Å²) in [5, 5.41) is 13.2. The van der Waals surface area contributed by atoms with Crippen molar-refractivity contribution in [2.75, 3.05) is 4.72 Å². The van der Waals surface area contributed by atoms with Crippen LogP contribution in [-0.4, -0.2) is 18.2 Å². The topological polar surface area (TPSA) is 87.8 Å². The van der Waals surface area contributed by atoms with E-state index in [4.69, 9.17) is 5.26 Å². The quantitative estimate of drug-likeness (QED) is 0.781. The first-order chi connectivity index (χ1) is 11.9. The molecule has 0 aliphatic rings. The van der Waals surface area contributed by atoms with Crippen LogP contribution in [0.5, 0.6) is 0 Å². The Kier molecular flexibility index (Phi) is 4.30. The fourth-order valence-electron chi connectivity index (χ4n) is 2.46. The number of benzene rings is 2. The van der Waals surface area contributed by atoms with Crippen LogP contribution >= 0.6 is 0 Å².